The highest BCUT2D eigenvalue weighted by Gasteiger charge is 2.11. The molecule has 0 radical (unpaired) electrons. The molecule has 0 aliphatic rings. The predicted octanol–water partition coefficient (Wildman–Crippen LogP) is 4.01. The van der Waals surface area contributed by atoms with Gasteiger partial charge in [-0.2, -0.15) is 0 Å². The quantitative estimate of drug-likeness (QED) is 0.736. The molecule has 0 bridgehead atoms. The van der Waals surface area contributed by atoms with E-state index in [0.717, 1.165) is 17.0 Å². The van der Waals surface area contributed by atoms with Gasteiger partial charge in [-0.25, -0.2) is 0 Å². The summed E-state index contributed by atoms with van der Waals surface area (Å²) < 4.78 is 5.31. The number of aryl methyl sites for hydroxylation is 3. The van der Waals surface area contributed by atoms with E-state index in [1.807, 2.05) is 6.07 Å². The molecule has 1 aromatic heterocycles. The van der Waals surface area contributed by atoms with Gasteiger partial charge in [0.15, 0.2) is 5.76 Å². The number of hydrogen-bond donors (Lipinski definition) is 0. The maximum atomic E-state index is 5.71. The zero-order chi connectivity index (χ0) is 11.7. The lowest BCUT2D eigenvalue weighted by Gasteiger charge is -2.07. The normalized spacial score (nSPS) is 10.8. The van der Waals surface area contributed by atoms with E-state index in [9.17, 15) is 0 Å². The minimum absolute atomic E-state index is 0.382. The van der Waals surface area contributed by atoms with Crippen LogP contribution in [0.1, 0.15) is 22.4 Å². The van der Waals surface area contributed by atoms with Crippen LogP contribution in [0.4, 0.5) is 0 Å². The lowest BCUT2D eigenvalue weighted by Crippen LogP contribution is -1.88. The lowest BCUT2D eigenvalue weighted by molar-refractivity contribution is 0.426. The highest BCUT2D eigenvalue weighted by molar-refractivity contribution is 6.16. The summed E-state index contributed by atoms with van der Waals surface area (Å²) in [5, 5.41) is 3.91. The van der Waals surface area contributed by atoms with Gasteiger partial charge < -0.3 is 4.52 Å². The van der Waals surface area contributed by atoms with Gasteiger partial charge in [0.2, 0.25) is 0 Å². The summed E-state index contributed by atoms with van der Waals surface area (Å²) in [6.45, 7) is 6.25. The third-order valence-electron chi connectivity index (χ3n) is 2.62. The molecule has 0 aliphatic heterocycles. The first-order valence-corrected chi connectivity index (χ1v) is 5.75. The van der Waals surface area contributed by atoms with Crippen LogP contribution in [0.15, 0.2) is 22.7 Å². The van der Waals surface area contributed by atoms with Crippen molar-refractivity contribution in [2.24, 2.45) is 0 Å². The summed E-state index contributed by atoms with van der Waals surface area (Å²) >= 11 is 5.71. The van der Waals surface area contributed by atoms with Crippen LogP contribution in [0.2, 0.25) is 0 Å². The van der Waals surface area contributed by atoms with E-state index in [1.54, 1.807) is 0 Å². The van der Waals surface area contributed by atoms with E-state index in [0.29, 0.717) is 5.88 Å². The lowest BCUT2D eigenvalue weighted by atomic mass is 9.98. The number of nitrogens with zero attached hydrogens (tertiary/aromatic N) is 1. The summed E-state index contributed by atoms with van der Waals surface area (Å²) in [6.07, 6.45) is 0. The van der Waals surface area contributed by atoms with Crippen molar-refractivity contribution >= 4 is 11.6 Å². The molecule has 2 nitrogen and oxygen atoms in total. The summed E-state index contributed by atoms with van der Waals surface area (Å²) in [7, 11) is 0. The summed E-state index contributed by atoms with van der Waals surface area (Å²) in [4.78, 5) is 0. The Balaban J connectivity index is 2.55. The van der Waals surface area contributed by atoms with Crippen LogP contribution < -0.4 is 0 Å². The Bertz CT molecular complexity index is 493. The van der Waals surface area contributed by atoms with Crippen molar-refractivity contribution in [2.45, 2.75) is 26.7 Å². The van der Waals surface area contributed by atoms with Gasteiger partial charge in [-0.3, -0.25) is 0 Å². The first kappa shape index (κ1) is 11.2. The molecule has 0 unspecified atom stereocenters. The van der Waals surface area contributed by atoms with Crippen LogP contribution in [0.3, 0.4) is 0 Å². The second-order valence-electron chi connectivity index (χ2n) is 4.09. The van der Waals surface area contributed by atoms with E-state index in [2.05, 4.69) is 38.1 Å². The molecule has 2 aromatic rings. The molecular formula is C13H14ClNO. The highest BCUT2D eigenvalue weighted by Crippen LogP contribution is 2.29. The molecule has 0 amide bonds. The molecule has 3 heteroatoms. The van der Waals surface area contributed by atoms with Crippen molar-refractivity contribution in [3.63, 3.8) is 0 Å². The van der Waals surface area contributed by atoms with Crippen molar-refractivity contribution in [3.8, 4) is 11.3 Å². The molecule has 0 fully saturated rings. The number of halogens is 1. The third-order valence-corrected chi connectivity index (χ3v) is 2.89. The van der Waals surface area contributed by atoms with Crippen molar-refractivity contribution < 1.29 is 4.52 Å². The van der Waals surface area contributed by atoms with Gasteiger partial charge in [-0.05, 0) is 31.9 Å². The van der Waals surface area contributed by atoms with Crippen LogP contribution >= 0.6 is 11.6 Å². The SMILES string of the molecule is Cc1cc(C)c(-c2cc(CCl)no2)c(C)c1. The first-order chi connectivity index (χ1) is 7.61. The maximum Gasteiger partial charge on any atom is 0.167 e. The average Bonchev–Trinajstić information content (AvgIpc) is 2.64. The predicted molar refractivity (Wildman–Crippen MR) is 65.7 cm³/mol. The molecule has 0 saturated carbocycles. The van der Waals surface area contributed by atoms with Crippen molar-refractivity contribution in [2.75, 3.05) is 0 Å². The van der Waals surface area contributed by atoms with Gasteiger partial charge in [-0.1, -0.05) is 22.9 Å². The second-order valence-corrected chi connectivity index (χ2v) is 4.36. The van der Waals surface area contributed by atoms with Crippen LogP contribution in [0, 0.1) is 20.8 Å². The van der Waals surface area contributed by atoms with Crippen LogP contribution in [-0.2, 0) is 5.88 Å². The van der Waals surface area contributed by atoms with Crippen molar-refractivity contribution in [3.05, 3.63) is 40.6 Å². The number of aromatic nitrogens is 1. The standard InChI is InChI=1S/C13H14ClNO/c1-8-4-9(2)13(10(3)5-8)12-6-11(7-14)15-16-12/h4-6H,7H2,1-3H3. The fourth-order valence-electron chi connectivity index (χ4n) is 2.06. The van der Waals surface area contributed by atoms with Crippen LogP contribution in [0.5, 0.6) is 0 Å². The minimum Gasteiger partial charge on any atom is -0.356 e. The summed E-state index contributed by atoms with van der Waals surface area (Å²) in [5.74, 6) is 1.18. The first-order valence-electron chi connectivity index (χ1n) is 5.21. The van der Waals surface area contributed by atoms with E-state index in [-0.39, 0.29) is 0 Å². The van der Waals surface area contributed by atoms with E-state index >= 15 is 0 Å². The Morgan fingerprint density at radius 3 is 2.25 bits per heavy atom. The summed E-state index contributed by atoms with van der Waals surface area (Å²) in [6, 6.07) is 6.19. The zero-order valence-electron chi connectivity index (χ0n) is 9.67. The van der Waals surface area contributed by atoms with Gasteiger partial charge >= 0.3 is 0 Å². The molecular weight excluding hydrogens is 222 g/mol. The molecule has 1 aromatic carbocycles. The topological polar surface area (TPSA) is 26.0 Å². The molecule has 0 spiro atoms. The monoisotopic (exact) mass is 235 g/mol. The molecule has 0 atom stereocenters. The molecule has 0 saturated heterocycles. The second kappa shape index (κ2) is 4.30. The van der Waals surface area contributed by atoms with Crippen LogP contribution in [-0.4, -0.2) is 5.16 Å². The Labute approximate surface area is 100 Å². The number of hydrogen-bond acceptors (Lipinski definition) is 2. The highest BCUT2D eigenvalue weighted by atomic mass is 35.5. The molecule has 2 rings (SSSR count). The molecule has 1 heterocycles. The van der Waals surface area contributed by atoms with E-state index in [4.69, 9.17) is 16.1 Å². The average molecular weight is 236 g/mol. The molecule has 84 valence electrons. The van der Waals surface area contributed by atoms with Gasteiger partial charge in [0.25, 0.3) is 0 Å². The maximum absolute atomic E-state index is 5.71. The largest absolute Gasteiger partial charge is 0.356 e. The molecule has 0 aliphatic carbocycles. The molecule has 16 heavy (non-hydrogen) atoms. The summed E-state index contributed by atoms with van der Waals surface area (Å²) in [5.41, 5.74) is 5.56. The third kappa shape index (κ3) is 1.98. The van der Waals surface area contributed by atoms with E-state index < -0.39 is 0 Å². The zero-order valence-corrected chi connectivity index (χ0v) is 10.4. The Kier molecular flexibility index (Phi) is 3.01. The molecule has 0 N–H and O–H groups in total. The van der Waals surface area contributed by atoms with E-state index in [1.165, 1.54) is 16.7 Å². The fourth-order valence-corrected chi connectivity index (χ4v) is 2.19. The van der Waals surface area contributed by atoms with Gasteiger partial charge in [0.1, 0.15) is 0 Å². The van der Waals surface area contributed by atoms with Crippen molar-refractivity contribution in [1.29, 1.82) is 0 Å². The Hall–Kier alpha value is -1.28. The number of benzene rings is 1. The number of alkyl halides is 1. The Morgan fingerprint density at radius 2 is 1.75 bits per heavy atom. The number of rotatable bonds is 2. The Morgan fingerprint density at radius 1 is 1.12 bits per heavy atom. The van der Waals surface area contributed by atoms with Gasteiger partial charge in [-0.15, -0.1) is 11.6 Å². The van der Waals surface area contributed by atoms with Gasteiger partial charge in [0, 0.05) is 11.6 Å². The van der Waals surface area contributed by atoms with Crippen LogP contribution in [0.25, 0.3) is 11.3 Å². The van der Waals surface area contributed by atoms with Gasteiger partial charge in [0.05, 0.1) is 11.6 Å². The fraction of sp³-hybridized carbons (Fsp3) is 0.308. The minimum atomic E-state index is 0.382. The van der Waals surface area contributed by atoms with Crippen molar-refractivity contribution in [1.82, 2.24) is 5.16 Å². The smallest absolute Gasteiger partial charge is 0.167 e.